The molecule has 1 fully saturated rings. The van der Waals surface area contributed by atoms with E-state index in [2.05, 4.69) is 5.32 Å². The van der Waals surface area contributed by atoms with Crippen LogP contribution >= 0.6 is 0 Å². The number of benzene rings is 1. The van der Waals surface area contributed by atoms with Crippen molar-refractivity contribution in [2.45, 2.75) is 51.5 Å². The second-order valence-corrected chi connectivity index (χ2v) is 6.16. The van der Waals surface area contributed by atoms with Gasteiger partial charge in [-0.05, 0) is 30.5 Å². The largest absolute Gasteiger partial charge is 0.354 e. The van der Waals surface area contributed by atoms with Gasteiger partial charge in [-0.2, -0.15) is 0 Å². The summed E-state index contributed by atoms with van der Waals surface area (Å²) in [5, 5.41) is 2.82. The fraction of sp³-hybridized carbons (Fsp3) is 0.556. The van der Waals surface area contributed by atoms with Crippen molar-refractivity contribution in [2.24, 2.45) is 0 Å². The zero-order valence-corrected chi connectivity index (χ0v) is 13.7. The van der Waals surface area contributed by atoms with Gasteiger partial charge in [-0.15, -0.1) is 0 Å². The molecule has 126 valence electrons. The number of nitrogens with one attached hydrogen (secondary N) is 1. The molecule has 2 amide bonds. The molecule has 0 radical (unpaired) electrons. The van der Waals surface area contributed by atoms with Crippen LogP contribution in [0.5, 0.6) is 0 Å². The quantitative estimate of drug-likeness (QED) is 0.876. The minimum Gasteiger partial charge on any atom is -0.354 e. The Kier molecular flexibility index (Phi) is 6.56. The Morgan fingerprint density at radius 2 is 2.00 bits per heavy atom. The Morgan fingerprint density at radius 3 is 2.65 bits per heavy atom. The summed E-state index contributed by atoms with van der Waals surface area (Å²) in [5.41, 5.74) is 0.651. The highest BCUT2D eigenvalue weighted by Crippen LogP contribution is 2.22. The van der Waals surface area contributed by atoms with Crippen LogP contribution in [-0.4, -0.2) is 35.8 Å². The molecular weight excluding hydrogens is 295 g/mol. The van der Waals surface area contributed by atoms with Gasteiger partial charge in [0, 0.05) is 26.1 Å². The summed E-state index contributed by atoms with van der Waals surface area (Å²) in [6, 6.07) is 6.35. The molecule has 0 aromatic heterocycles. The van der Waals surface area contributed by atoms with E-state index in [-0.39, 0.29) is 24.1 Å². The van der Waals surface area contributed by atoms with Crippen molar-refractivity contribution in [1.29, 1.82) is 0 Å². The summed E-state index contributed by atoms with van der Waals surface area (Å²) in [7, 11) is 0. The maximum absolute atomic E-state index is 13.1. The van der Waals surface area contributed by atoms with Gasteiger partial charge in [0.25, 0.3) is 0 Å². The molecule has 0 bridgehead atoms. The molecule has 0 spiro atoms. The lowest BCUT2D eigenvalue weighted by Crippen LogP contribution is -2.44. The van der Waals surface area contributed by atoms with Crippen molar-refractivity contribution < 1.29 is 14.0 Å². The SMILES string of the molecule is CC(=O)N(CCNC(=O)Cc1cccc(F)c1)C1CCCCC1. The van der Waals surface area contributed by atoms with Crippen LogP contribution in [0.3, 0.4) is 0 Å². The van der Waals surface area contributed by atoms with Gasteiger partial charge < -0.3 is 10.2 Å². The number of carbonyl (C=O) groups excluding carboxylic acids is 2. The van der Waals surface area contributed by atoms with Crippen LogP contribution < -0.4 is 5.32 Å². The van der Waals surface area contributed by atoms with E-state index in [1.165, 1.54) is 31.4 Å². The molecule has 1 saturated carbocycles. The highest BCUT2D eigenvalue weighted by Gasteiger charge is 2.22. The monoisotopic (exact) mass is 320 g/mol. The van der Waals surface area contributed by atoms with E-state index in [9.17, 15) is 14.0 Å². The predicted molar refractivity (Wildman–Crippen MR) is 87.4 cm³/mol. The van der Waals surface area contributed by atoms with Crippen molar-refractivity contribution in [3.63, 3.8) is 0 Å². The highest BCUT2D eigenvalue weighted by molar-refractivity contribution is 5.78. The van der Waals surface area contributed by atoms with Gasteiger partial charge in [-0.3, -0.25) is 9.59 Å². The van der Waals surface area contributed by atoms with E-state index in [0.29, 0.717) is 24.7 Å². The maximum Gasteiger partial charge on any atom is 0.224 e. The van der Waals surface area contributed by atoms with Gasteiger partial charge in [0.2, 0.25) is 11.8 Å². The summed E-state index contributed by atoms with van der Waals surface area (Å²) in [6.07, 6.45) is 5.84. The van der Waals surface area contributed by atoms with Gasteiger partial charge in [-0.25, -0.2) is 4.39 Å². The normalized spacial score (nSPS) is 15.2. The Balaban J connectivity index is 1.77. The average Bonchev–Trinajstić information content (AvgIpc) is 2.52. The molecule has 1 N–H and O–H groups in total. The van der Waals surface area contributed by atoms with Crippen molar-refractivity contribution in [2.75, 3.05) is 13.1 Å². The topological polar surface area (TPSA) is 49.4 Å². The molecule has 2 rings (SSSR count). The maximum atomic E-state index is 13.1. The van der Waals surface area contributed by atoms with E-state index in [0.717, 1.165) is 12.8 Å². The minimum absolute atomic E-state index is 0.0660. The first-order valence-corrected chi connectivity index (χ1v) is 8.34. The first-order chi connectivity index (χ1) is 11.1. The summed E-state index contributed by atoms with van der Waals surface area (Å²) in [6.45, 7) is 2.56. The molecule has 4 nitrogen and oxygen atoms in total. The highest BCUT2D eigenvalue weighted by atomic mass is 19.1. The number of nitrogens with zero attached hydrogens (tertiary/aromatic N) is 1. The van der Waals surface area contributed by atoms with Gasteiger partial charge in [-0.1, -0.05) is 31.4 Å². The molecule has 1 aliphatic carbocycles. The molecule has 1 aromatic rings. The zero-order chi connectivity index (χ0) is 16.7. The van der Waals surface area contributed by atoms with Gasteiger partial charge in [0.05, 0.1) is 6.42 Å². The van der Waals surface area contributed by atoms with Crippen molar-refractivity contribution in [1.82, 2.24) is 10.2 Å². The number of hydrogen-bond donors (Lipinski definition) is 1. The molecule has 0 unspecified atom stereocenters. The molecular formula is C18H25FN2O2. The Morgan fingerprint density at radius 1 is 1.26 bits per heavy atom. The molecule has 5 heteroatoms. The van der Waals surface area contributed by atoms with Crippen LogP contribution in [0.25, 0.3) is 0 Å². The minimum atomic E-state index is -0.338. The number of hydrogen-bond acceptors (Lipinski definition) is 2. The molecule has 1 aliphatic rings. The van der Waals surface area contributed by atoms with E-state index in [4.69, 9.17) is 0 Å². The zero-order valence-electron chi connectivity index (χ0n) is 13.7. The van der Waals surface area contributed by atoms with Crippen LogP contribution in [0.2, 0.25) is 0 Å². The van der Waals surface area contributed by atoms with Crippen LogP contribution in [0.1, 0.15) is 44.6 Å². The third-order valence-electron chi connectivity index (χ3n) is 4.35. The third-order valence-corrected chi connectivity index (χ3v) is 4.35. The standard InChI is InChI=1S/C18H25FN2O2/c1-14(22)21(17-8-3-2-4-9-17)11-10-20-18(23)13-15-6-5-7-16(19)12-15/h5-7,12,17H,2-4,8-11,13H2,1H3,(H,20,23). The second-order valence-electron chi connectivity index (χ2n) is 6.16. The van der Waals surface area contributed by atoms with E-state index < -0.39 is 0 Å². The predicted octanol–water partition coefficient (Wildman–Crippen LogP) is 2.67. The summed E-state index contributed by atoms with van der Waals surface area (Å²) >= 11 is 0. The molecule has 1 aromatic carbocycles. The smallest absolute Gasteiger partial charge is 0.224 e. The van der Waals surface area contributed by atoms with Crippen LogP contribution in [0.15, 0.2) is 24.3 Å². The molecule has 0 aliphatic heterocycles. The number of carbonyl (C=O) groups is 2. The van der Waals surface area contributed by atoms with Gasteiger partial charge in [0.1, 0.15) is 5.82 Å². The lowest BCUT2D eigenvalue weighted by Gasteiger charge is -2.33. The van der Waals surface area contributed by atoms with Gasteiger partial charge >= 0.3 is 0 Å². The summed E-state index contributed by atoms with van der Waals surface area (Å²) in [5.74, 6) is -0.422. The second kappa shape index (κ2) is 8.65. The number of rotatable bonds is 6. The van der Waals surface area contributed by atoms with E-state index >= 15 is 0 Å². The van der Waals surface area contributed by atoms with Crippen LogP contribution in [0, 0.1) is 5.82 Å². The number of halogens is 1. The lowest BCUT2D eigenvalue weighted by molar-refractivity contribution is -0.132. The number of amides is 2. The van der Waals surface area contributed by atoms with Crippen molar-refractivity contribution in [3.8, 4) is 0 Å². The van der Waals surface area contributed by atoms with E-state index in [1.54, 1.807) is 19.1 Å². The van der Waals surface area contributed by atoms with Gasteiger partial charge in [0.15, 0.2) is 0 Å². The van der Waals surface area contributed by atoms with Crippen LogP contribution in [0.4, 0.5) is 4.39 Å². The lowest BCUT2D eigenvalue weighted by atomic mass is 9.94. The fourth-order valence-corrected chi connectivity index (χ4v) is 3.20. The first kappa shape index (κ1) is 17.4. The van der Waals surface area contributed by atoms with Crippen molar-refractivity contribution in [3.05, 3.63) is 35.6 Å². The molecule has 0 saturated heterocycles. The average molecular weight is 320 g/mol. The Labute approximate surface area is 137 Å². The molecule has 23 heavy (non-hydrogen) atoms. The van der Waals surface area contributed by atoms with Crippen LogP contribution in [-0.2, 0) is 16.0 Å². The molecule has 0 atom stereocenters. The summed E-state index contributed by atoms with van der Waals surface area (Å²) < 4.78 is 13.1. The first-order valence-electron chi connectivity index (χ1n) is 8.34. The molecule has 0 heterocycles. The fourth-order valence-electron chi connectivity index (χ4n) is 3.20. The Bertz CT molecular complexity index is 542. The van der Waals surface area contributed by atoms with E-state index in [1.807, 2.05) is 4.90 Å². The Hall–Kier alpha value is -1.91. The summed E-state index contributed by atoms with van der Waals surface area (Å²) in [4.78, 5) is 25.6. The third kappa shape index (κ3) is 5.66. The van der Waals surface area contributed by atoms with Crippen molar-refractivity contribution >= 4 is 11.8 Å².